The average molecular weight is 611 g/mol. The van der Waals surface area contributed by atoms with Crippen LogP contribution < -0.4 is 0 Å². The van der Waals surface area contributed by atoms with Gasteiger partial charge in [-0.05, 0) is 77.4 Å². The highest BCUT2D eigenvalue weighted by atomic mass is 15.0. The summed E-state index contributed by atoms with van der Waals surface area (Å²) in [5.74, 6) is 0. The number of nitriles is 2. The molecule has 0 aliphatic carbocycles. The standard InChI is InChI=1S/C44H26N4/c45-27-29-10-9-11-32(24-29)47-43-23-20-30(28-46)25-39(43)38-22-21-31(26-44(38)47)33-12-1-2-13-34(33)35-14-3-6-17-40(35)48-41-18-7-4-15-36(41)37-16-5-8-19-42(37)48/h1-26H. The molecule has 0 atom stereocenters. The van der Waals surface area contributed by atoms with E-state index in [1.807, 2.05) is 42.5 Å². The minimum absolute atomic E-state index is 0.597. The lowest BCUT2D eigenvalue weighted by atomic mass is 9.93. The monoisotopic (exact) mass is 610 g/mol. The van der Waals surface area contributed by atoms with Crippen molar-refractivity contribution in [2.24, 2.45) is 0 Å². The average Bonchev–Trinajstić information content (AvgIpc) is 3.67. The van der Waals surface area contributed by atoms with Gasteiger partial charge in [-0.15, -0.1) is 0 Å². The Morgan fingerprint density at radius 1 is 0.375 bits per heavy atom. The van der Waals surface area contributed by atoms with Crippen LogP contribution in [-0.2, 0) is 0 Å². The van der Waals surface area contributed by atoms with Crippen molar-refractivity contribution in [2.75, 3.05) is 0 Å². The van der Waals surface area contributed by atoms with Crippen LogP contribution in [0.2, 0.25) is 0 Å². The molecular weight excluding hydrogens is 585 g/mol. The normalized spacial score (nSPS) is 11.3. The number of benzene rings is 7. The highest BCUT2D eigenvalue weighted by Crippen LogP contribution is 2.41. The lowest BCUT2D eigenvalue weighted by Gasteiger charge is -2.17. The minimum atomic E-state index is 0.597. The SMILES string of the molecule is N#Cc1cccc(-n2c3ccc(C#N)cc3c3ccc(-c4ccccc4-c4ccccc4-n4c5ccccc5c5ccccc54)cc32)c1. The topological polar surface area (TPSA) is 57.4 Å². The fraction of sp³-hybridized carbons (Fsp3) is 0. The number of aromatic nitrogens is 2. The first kappa shape index (κ1) is 27.4. The van der Waals surface area contributed by atoms with E-state index in [2.05, 4.69) is 137 Å². The van der Waals surface area contributed by atoms with Crippen LogP contribution in [0.1, 0.15) is 11.1 Å². The van der Waals surface area contributed by atoms with Crippen molar-refractivity contribution < 1.29 is 0 Å². The first-order valence-electron chi connectivity index (χ1n) is 15.9. The highest BCUT2D eigenvalue weighted by molar-refractivity contribution is 6.12. The summed E-state index contributed by atoms with van der Waals surface area (Å²) in [6.07, 6.45) is 0. The van der Waals surface area contributed by atoms with Crippen molar-refractivity contribution in [3.05, 3.63) is 169 Å². The molecule has 0 spiro atoms. The van der Waals surface area contributed by atoms with Gasteiger partial charge < -0.3 is 9.13 Å². The molecule has 0 aliphatic heterocycles. The van der Waals surface area contributed by atoms with Crippen LogP contribution in [0.4, 0.5) is 0 Å². The molecule has 9 rings (SSSR count). The van der Waals surface area contributed by atoms with Gasteiger partial charge >= 0.3 is 0 Å². The second-order valence-corrected chi connectivity index (χ2v) is 12.0. The zero-order valence-corrected chi connectivity index (χ0v) is 25.8. The largest absolute Gasteiger partial charge is 0.309 e. The van der Waals surface area contributed by atoms with Crippen LogP contribution in [-0.4, -0.2) is 9.13 Å². The van der Waals surface area contributed by atoms with Gasteiger partial charge in [0.05, 0.1) is 51.0 Å². The Morgan fingerprint density at radius 3 is 1.73 bits per heavy atom. The fourth-order valence-electron chi connectivity index (χ4n) is 7.30. The summed E-state index contributed by atoms with van der Waals surface area (Å²) in [6, 6.07) is 59.1. The molecule has 4 heteroatoms. The molecule has 4 nitrogen and oxygen atoms in total. The molecule has 222 valence electrons. The quantitative estimate of drug-likeness (QED) is 0.199. The third kappa shape index (κ3) is 4.14. The number of hydrogen-bond donors (Lipinski definition) is 0. The van der Waals surface area contributed by atoms with Crippen molar-refractivity contribution in [3.8, 4) is 45.8 Å². The van der Waals surface area contributed by atoms with Gasteiger partial charge in [-0.25, -0.2) is 0 Å². The predicted octanol–water partition coefficient (Wildman–Crippen LogP) is 11.0. The van der Waals surface area contributed by atoms with E-state index >= 15 is 0 Å². The van der Waals surface area contributed by atoms with E-state index in [9.17, 15) is 10.5 Å². The van der Waals surface area contributed by atoms with Crippen LogP contribution in [0.15, 0.2) is 158 Å². The van der Waals surface area contributed by atoms with Crippen molar-refractivity contribution in [3.63, 3.8) is 0 Å². The summed E-state index contributed by atoms with van der Waals surface area (Å²) < 4.78 is 4.58. The molecule has 48 heavy (non-hydrogen) atoms. The molecule has 0 saturated carbocycles. The summed E-state index contributed by atoms with van der Waals surface area (Å²) in [7, 11) is 0. The number of nitrogens with zero attached hydrogens (tertiary/aromatic N) is 4. The Bertz CT molecular complexity index is 2760. The van der Waals surface area contributed by atoms with Gasteiger partial charge in [0.25, 0.3) is 0 Å². The van der Waals surface area contributed by atoms with Crippen LogP contribution in [0.25, 0.3) is 77.2 Å². The first-order chi connectivity index (χ1) is 23.7. The maximum Gasteiger partial charge on any atom is 0.0992 e. The molecular formula is C44H26N4. The maximum absolute atomic E-state index is 9.71. The third-order valence-corrected chi connectivity index (χ3v) is 9.38. The predicted molar refractivity (Wildman–Crippen MR) is 195 cm³/mol. The second-order valence-electron chi connectivity index (χ2n) is 12.0. The molecule has 9 aromatic rings. The lowest BCUT2D eigenvalue weighted by Crippen LogP contribution is -1.98. The van der Waals surface area contributed by atoms with Crippen LogP contribution in [0, 0.1) is 22.7 Å². The summed E-state index contributed by atoms with van der Waals surface area (Å²) in [6.45, 7) is 0. The van der Waals surface area contributed by atoms with Gasteiger partial charge in [0.2, 0.25) is 0 Å². The van der Waals surface area contributed by atoms with Gasteiger partial charge in [0, 0.05) is 32.8 Å². The molecule has 0 N–H and O–H groups in total. The second kappa shape index (κ2) is 10.9. The number of rotatable bonds is 4. The molecule has 2 heterocycles. The summed E-state index contributed by atoms with van der Waals surface area (Å²) in [4.78, 5) is 0. The summed E-state index contributed by atoms with van der Waals surface area (Å²) in [5.41, 5.74) is 12.1. The molecule has 0 aliphatic rings. The Kier molecular flexibility index (Phi) is 6.22. The molecule has 0 unspecified atom stereocenters. The van der Waals surface area contributed by atoms with E-state index < -0.39 is 0 Å². The Morgan fingerprint density at radius 2 is 0.979 bits per heavy atom. The summed E-state index contributed by atoms with van der Waals surface area (Å²) >= 11 is 0. The van der Waals surface area contributed by atoms with Crippen molar-refractivity contribution in [1.29, 1.82) is 10.5 Å². The van der Waals surface area contributed by atoms with E-state index in [-0.39, 0.29) is 0 Å². The van der Waals surface area contributed by atoms with E-state index in [1.54, 1.807) is 0 Å². The van der Waals surface area contributed by atoms with E-state index in [4.69, 9.17) is 0 Å². The lowest BCUT2D eigenvalue weighted by molar-refractivity contribution is 1.18. The number of hydrogen-bond acceptors (Lipinski definition) is 2. The zero-order valence-electron chi connectivity index (χ0n) is 25.8. The van der Waals surface area contributed by atoms with E-state index in [0.717, 1.165) is 55.4 Å². The fourth-order valence-corrected chi connectivity index (χ4v) is 7.30. The molecule has 0 fully saturated rings. The van der Waals surface area contributed by atoms with Gasteiger partial charge in [0.1, 0.15) is 0 Å². The minimum Gasteiger partial charge on any atom is -0.309 e. The molecule has 2 aromatic heterocycles. The van der Waals surface area contributed by atoms with Crippen LogP contribution in [0.3, 0.4) is 0 Å². The van der Waals surface area contributed by atoms with Gasteiger partial charge in [0.15, 0.2) is 0 Å². The first-order valence-corrected chi connectivity index (χ1v) is 15.9. The zero-order chi connectivity index (χ0) is 32.2. The van der Waals surface area contributed by atoms with Crippen molar-refractivity contribution in [2.45, 2.75) is 0 Å². The van der Waals surface area contributed by atoms with Crippen LogP contribution in [0.5, 0.6) is 0 Å². The summed E-state index contributed by atoms with van der Waals surface area (Å²) in [5, 5.41) is 23.9. The molecule has 0 bridgehead atoms. The highest BCUT2D eigenvalue weighted by Gasteiger charge is 2.19. The van der Waals surface area contributed by atoms with Gasteiger partial charge in [-0.2, -0.15) is 10.5 Å². The van der Waals surface area contributed by atoms with Gasteiger partial charge in [-0.1, -0.05) is 97.1 Å². The van der Waals surface area contributed by atoms with Gasteiger partial charge in [-0.3, -0.25) is 0 Å². The van der Waals surface area contributed by atoms with Crippen molar-refractivity contribution >= 4 is 43.6 Å². The molecule has 7 aromatic carbocycles. The smallest absolute Gasteiger partial charge is 0.0992 e. The Labute approximate surface area is 277 Å². The van der Waals surface area contributed by atoms with Crippen LogP contribution >= 0.6 is 0 Å². The molecule has 0 saturated heterocycles. The van der Waals surface area contributed by atoms with Crippen molar-refractivity contribution in [1.82, 2.24) is 9.13 Å². The Hall–Kier alpha value is -6.88. The van der Waals surface area contributed by atoms with E-state index in [1.165, 1.54) is 21.8 Å². The third-order valence-electron chi connectivity index (χ3n) is 9.38. The molecule has 0 amide bonds. The number of fused-ring (bicyclic) bond motifs is 6. The Balaban J connectivity index is 1.30. The van der Waals surface area contributed by atoms with E-state index in [0.29, 0.717) is 11.1 Å². The molecule has 0 radical (unpaired) electrons. The maximum atomic E-state index is 9.71. The number of para-hydroxylation sites is 3.